The van der Waals surface area contributed by atoms with Crippen LogP contribution in [-0.2, 0) is 4.79 Å². The number of anilines is 1. The van der Waals surface area contributed by atoms with E-state index in [0.29, 0.717) is 15.5 Å². The highest BCUT2D eigenvalue weighted by atomic mass is 32.2. The lowest BCUT2D eigenvalue weighted by Crippen LogP contribution is -2.42. The van der Waals surface area contributed by atoms with E-state index in [0.717, 1.165) is 11.8 Å². The summed E-state index contributed by atoms with van der Waals surface area (Å²) < 4.78 is 13.1. The number of benzene rings is 1. The molecule has 5 nitrogen and oxygen atoms in total. The first-order chi connectivity index (χ1) is 10.1. The van der Waals surface area contributed by atoms with E-state index in [1.165, 1.54) is 29.5 Å². The minimum absolute atomic E-state index is 0.0123. The summed E-state index contributed by atoms with van der Waals surface area (Å²) >= 11 is 2.36. The Bertz CT molecular complexity index is 647. The quantitative estimate of drug-likeness (QED) is 0.456. The number of carbonyl (C=O) groups excluding carboxylic acids is 2. The smallest absolute Gasteiger partial charge is 0.279 e. The van der Waals surface area contributed by atoms with Crippen LogP contribution in [0.4, 0.5) is 10.1 Å². The van der Waals surface area contributed by atoms with Crippen LogP contribution >= 0.6 is 23.1 Å². The molecule has 0 aliphatic heterocycles. The van der Waals surface area contributed by atoms with Crippen LogP contribution in [0.25, 0.3) is 0 Å². The van der Waals surface area contributed by atoms with Gasteiger partial charge in [0.2, 0.25) is 5.91 Å². The highest BCUT2D eigenvalue weighted by Crippen LogP contribution is 2.25. The Morgan fingerprint density at radius 1 is 1.29 bits per heavy atom. The second-order valence-electron chi connectivity index (χ2n) is 3.95. The van der Waals surface area contributed by atoms with Gasteiger partial charge in [-0.2, -0.15) is 0 Å². The van der Waals surface area contributed by atoms with Crippen LogP contribution in [0.1, 0.15) is 9.67 Å². The first kappa shape index (κ1) is 15.3. The van der Waals surface area contributed by atoms with Crippen molar-refractivity contribution >= 4 is 40.6 Å². The minimum atomic E-state index is -0.418. The van der Waals surface area contributed by atoms with Gasteiger partial charge in [-0.25, -0.2) is 4.39 Å². The van der Waals surface area contributed by atoms with Crippen LogP contribution in [0.15, 0.2) is 40.6 Å². The van der Waals surface area contributed by atoms with E-state index in [1.807, 2.05) is 0 Å². The molecule has 2 aromatic rings. The standard InChI is InChI=1S/C13H12FN3O2S2/c14-8-3-4-9(15)11(6-8)21-7-12(18)16-17-13(19)10-2-1-5-20-10/h1-6H,7,15H2,(H,16,18)(H,17,19). The summed E-state index contributed by atoms with van der Waals surface area (Å²) in [7, 11) is 0. The zero-order valence-electron chi connectivity index (χ0n) is 10.8. The van der Waals surface area contributed by atoms with Gasteiger partial charge >= 0.3 is 0 Å². The van der Waals surface area contributed by atoms with E-state index in [2.05, 4.69) is 10.9 Å². The molecule has 110 valence electrons. The largest absolute Gasteiger partial charge is 0.398 e. The second kappa shape index (κ2) is 7.09. The molecule has 0 unspecified atom stereocenters. The van der Waals surface area contributed by atoms with Crippen molar-refractivity contribution < 1.29 is 14.0 Å². The van der Waals surface area contributed by atoms with Gasteiger partial charge in [-0.3, -0.25) is 20.4 Å². The number of halogens is 1. The predicted molar refractivity (Wildman–Crippen MR) is 81.5 cm³/mol. The predicted octanol–water partition coefficient (Wildman–Crippen LogP) is 2.02. The van der Waals surface area contributed by atoms with E-state index in [-0.39, 0.29) is 11.7 Å². The Balaban J connectivity index is 1.80. The van der Waals surface area contributed by atoms with Crippen LogP contribution < -0.4 is 16.6 Å². The fourth-order valence-corrected chi connectivity index (χ4v) is 2.82. The molecule has 1 aromatic carbocycles. The van der Waals surface area contributed by atoms with Crippen LogP contribution in [0.3, 0.4) is 0 Å². The molecule has 4 N–H and O–H groups in total. The maximum Gasteiger partial charge on any atom is 0.279 e. The third-order valence-corrected chi connectivity index (χ3v) is 4.33. The number of thioether (sulfide) groups is 1. The molecule has 2 rings (SSSR count). The Kier molecular flexibility index (Phi) is 5.18. The van der Waals surface area contributed by atoms with E-state index >= 15 is 0 Å². The maximum atomic E-state index is 13.1. The van der Waals surface area contributed by atoms with E-state index in [9.17, 15) is 14.0 Å². The number of hydrogen-bond acceptors (Lipinski definition) is 5. The highest BCUT2D eigenvalue weighted by Gasteiger charge is 2.09. The lowest BCUT2D eigenvalue weighted by atomic mass is 10.3. The zero-order chi connectivity index (χ0) is 15.2. The minimum Gasteiger partial charge on any atom is -0.398 e. The van der Waals surface area contributed by atoms with Crippen molar-refractivity contribution in [2.24, 2.45) is 0 Å². The average molecular weight is 325 g/mol. The van der Waals surface area contributed by atoms with Gasteiger partial charge < -0.3 is 5.73 Å². The van der Waals surface area contributed by atoms with Crippen molar-refractivity contribution in [3.63, 3.8) is 0 Å². The normalized spacial score (nSPS) is 10.1. The number of nitrogens with two attached hydrogens (primary N) is 1. The fraction of sp³-hybridized carbons (Fsp3) is 0.0769. The maximum absolute atomic E-state index is 13.1. The van der Waals surface area contributed by atoms with Gasteiger partial charge in [0.25, 0.3) is 5.91 Å². The number of carbonyl (C=O) groups is 2. The molecule has 1 aromatic heterocycles. The topological polar surface area (TPSA) is 84.2 Å². The Labute approximate surface area is 128 Å². The average Bonchev–Trinajstić information content (AvgIpc) is 3.00. The van der Waals surface area contributed by atoms with Gasteiger partial charge in [-0.1, -0.05) is 6.07 Å². The molecule has 0 fully saturated rings. The van der Waals surface area contributed by atoms with E-state index in [1.54, 1.807) is 17.5 Å². The highest BCUT2D eigenvalue weighted by molar-refractivity contribution is 8.00. The van der Waals surface area contributed by atoms with Crippen LogP contribution in [0.2, 0.25) is 0 Å². The summed E-state index contributed by atoms with van der Waals surface area (Å²) in [4.78, 5) is 24.2. The molecular weight excluding hydrogens is 313 g/mol. The summed E-state index contributed by atoms with van der Waals surface area (Å²) in [5, 5.41) is 1.76. The number of rotatable bonds is 4. The van der Waals surface area contributed by atoms with Crippen LogP contribution in [0, 0.1) is 5.82 Å². The van der Waals surface area contributed by atoms with Crippen molar-refractivity contribution in [2.45, 2.75) is 4.90 Å². The van der Waals surface area contributed by atoms with Gasteiger partial charge in [0.1, 0.15) is 5.82 Å². The van der Waals surface area contributed by atoms with Crippen LogP contribution in [0.5, 0.6) is 0 Å². The summed E-state index contributed by atoms with van der Waals surface area (Å²) in [5.41, 5.74) is 10.7. The Morgan fingerprint density at radius 2 is 2.10 bits per heavy atom. The number of nitrogens with one attached hydrogen (secondary N) is 2. The Morgan fingerprint density at radius 3 is 2.81 bits per heavy atom. The molecule has 0 saturated carbocycles. The van der Waals surface area contributed by atoms with Crippen molar-refractivity contribution in [3.8, 4) is 0 Å². The molecule has 0 spiro atoms. The first-order valence-corrected chi connectivity index (χ1v) is 7.73. The molecule has 0 saturated heterocycles. The third-order valence-electron chi connectivity index (χ3n) is 2.39. The van der Waals surface area contributed by atoms with E-state index in [4.69, 9.17) is 5.73 Å². The van der Waals surface area contributed by atoms with Gasteiger partial charge in [-0.05, 0) is 29.6 Å². The number of hydrogen-bond donors (Lipinski definition) is 3. The number of thiophene rings is 1. The summed E-state index contributed by atoms with van der Waals surface area (Å²) in [6.07, 6.45) is 0. The molecule has 0 atom stereocenters. The molecular formula is C13H12FN3O2S2. The number of nitrogen functional groups attached to an aromatic ring is 1. The lowest BCUT2D eigenvalue weighted by molar-refractivity contribution is -0.119. The van der Waals surface area contributed by atoms with Crippen molar-refractivity contribution in [1.82, 2.24) is 10.9 Å². The SMILES string of the molecule is Nc1ccc(F)cc1SCC(=O)NNC(=O)c1cccs1. The number of hydrazine groups is 1. The van der Waals surface area contributed by atoms with Crippen molar-refractivity contribution in [2.75, 3.05) is 11.5 Å². The zero-order valence-corrected chi connectivity index (χ0v) is 12.4. The third kappa shape index (κ3) is 4.47. The Hall–Kier alpha value is -2.06. The molecule has 0 radical (unpaired) electrons. The molecule has 2 amide bonds. The second-order valence-corrected chi connectivity index (χ2v) is 5.92. The summed E-state index contributed by atoms with van der Waals surface area (Å²) in [5.74, 6) is -1.20. The monoisotopic (exact) mass is 325 g/mol. The molecule has 0 aliphatic carbocycles. The van der Waals surface area contributed by atoms with E-state index < -0.39 is 11.7 Å². The lowest BCUT2D eigenvalue weighted by Gasteiger charge is -2.07. The molecule has 0 bridgehead atoms. The molecule has 21 heavy (non-hydrogen) atoms. The molecule has 8 heteroatoms. The molecule has 1 heterocycles. The van der Waals surface area contributed by atoms with Crippen LogP contribution in [-0.4, -0.2) is 17.6 Å². The van der Waals surface area contributed by atoms with Gasteiger partial charge in [0.05, 0.1) is 10.6 Å². The summed E-state index contributed by atoms with van der Waals surface area (Å²) in [6, 6.07) is 7.34. The van der Waals surface area contributed by atoms with Gasteiger partial charge in [-0.15, -0.1) is 23.1 Å². The first-order valence-electron chi connectivity index (χ1n) is 5.87. The summed E-state index contributed by atoms with van der Waals surface area (Å²) in [6.45, 7) is 0. The van der Waals surface area contributed by atoms with Crippen molar-refractivity contribution in [1.29, 1.82) is 0 Å². The van der Waals surface area contributed by atoms with Crippen molar-refractivity contribution in [3.05, 3.63) is 46.4 Å². The number of amides is 2. The molecule has 0 aliphatic rings. The fourth-order valence-electron chi connectivity index (χ4n) is 1.41. The van der Waals surface area contributed by atoms with Gasteiger partial charge in [0.15, 0.2) is 0 Å². The van der Waals surface area contributed by atoms with Gasteiger partial charge in [0, 0.05) is 10.6 Å².